The van der Waals surface area contributed by atoms with Gasteiger partial charge in [0, 0.05) is 42.4 Å². The van der Waals surface area contributed by atoms with Crippen LogP contribution in [0.3, 0.4) is 0 Å². The van der Waals surface area contributed by atoms with Gasteiger partial charge in [-0.3, -0.25) is 9.67 Å². The molecular formula is C35H50ClN5. The van der Waals surface area contributed by atoms with Gasteiger partial charge in [0.2, 0.25) is 0 Å². The van der Waals surface area contributed by atoms with E-state index in [-0.39, 0.29) is 0 Å². The number of aryl methyl sites for hydroxylation is 1. The van der Waals surface area contributed by atoms with E-state index in [1.807, 2.05) is 30.9 Å². The molecule has 0 radical (unpaired) electrons. The Bertz CT molecular complexity index is 1250. The number of halogens is 1. The fourth-order valence-electron chi connectivity index (χ4n) is 6.43. The maximum absolute atomic E-state index is 6.51. The second kappa shape index (κ2) is 15.0. The molecule has 5 nitrogen and oxygen atoms in total. The highest BCUT2D eigenvalue weighted by Gasteiger charge is 2.29. The first-order chi connectivity index (χ1) is 19.9. The molecule has 222 valence electrons. The molecule has 0 unspecified atom stereocenters. The molecule has 6 heteroatoms. The minimum absolute atomic E-state index is 0.342. The van der Waals surface area contributed by atoms with Gasteiger partial charge < -0.3 is 4.90 Å². The van der Waals surface area contributed by atoms with Crippen molar-refractivity contribution in [3.63, 3.8) is 0 Å². The van der Waals surface area contributed by atoms with Gasteiger partial charge in [-0.1, -0.05) is 58.2 Å². The number of rotatable bonds is 9. The van der Waals surface area contributed by atoms with E-state index in [4.69, 9.17) is 16.6 Å². The molecule has 3 heterocycles. The van der Waals surface area contributed by atoms with Crippen molar-refractivity contribution in [1.82, 2.24) is 19.7 Å². The molecule has 2 aliphatic rings. The fourth-order valence-corrected chi connectivity index (χ4v) is 6.74. The third kappa shape index (κ3) is 7.80. The van der Waals surface area contributed by atoms with Crippen molar-refractivity contribution in [2.45, 2.75) is 111 Å². The smallest absolute Gasteiger partial charge is 0.133 e. The average Bonchev–Trinajstić information content (AvgIpc) is 3.53. The Morgan fingerprint density at radius 2 is 1.73 bits per heavy atom. The van der Waals surface area contributed by atoms with Crippen molar-refractivity contribution < 1.29 is 0 Å². The van der Waals surface area contributed by atoms with Gasteiger partial charge in [-0.2, -0.15) is 5.10 Å². The Morgan fingerprint density at radius 3 is 2.37 bits per heavy atom. The zero-order valence-corrected chi connectivity index (χ0v) is 26.7. The number of allylic oxidation sites excluding steroid dienone is 1. The van der Waals surface area contributed by atoms with Crippen molar-refractivity contribution in [2.75, 3.05) is 11.4 Å². The first-order valence-corrected chi connectivity index (χ1v) is 16.4. The SMILES string of the molecule is C=C(C1CCCCC1)N(CC1CCC(c2cnc(CC)c(Cl)c2)CC1)c1cc(-c2cnn(C(C)C)c2)ccn1.CC. The van der Waals surface area contributed by atoms with Crippen molar-refractivity contribution in [3.8, 4) is 11.1 Å². The normalized spacial score (nSPS) is 19.5. The van der Waals surface area contributed by atoms with Gasteiger partial charge in [-0.25, -0.2) is 4.98 Å². The minimum atomic E-state index is 0.342. The van der Waals surface area contributed by atoms with E-state index < -0.39 is 0 Å². The van der Waals surface area contributed by atoms with E-state index in [1.165, 1.54) is 69.0 Å². The van der Waals surface area contributed by atoms with Crippen LogP contribution in [-0.2, 0) is 6.42 Å². The summed E-state index contributed by atoms with van der Waals surface area (Å²) >= 11 is 6.51. The zero-order chi connectivity index (χ0) is 29.4. The standard InChI is InChI=1S/C33H44ClN5.C2H6/c1-5-32-31(34)17-29(19-36-32)27-13-11-25(12-14-27)21-38(24(4)26-9-7-6-8-10-26)33-18-28(15-16-35-33)30-20-37-39(22-30)23(2)3;1-2/h15-20,22-23,25-27H,4-14,21H2,1-3H3;1-2H3. The highest BCUT2D eigenvalue weighted by Crippen LogP contribution is 2.39. The van der Waals surface area contributed by atoms with Gasteiger partial charge in [0.15, 0.2) is 0 Å². The molecular weight excluding hydrogens is 526 g/mol. The molecule has 3 aromatic heterocycles. The van der Waals surface area contributed by atoms with Gasteiger partial charge in [-0.05, 0) is 106 Å². The summed E-state index contributed by atoms with van der Waals surface area (Å²) < 4.78 is 2.02. The number of hydrogen-bond donors (Lipinski definition) is 0. The van der Waals surface area contributed by atoms with Gasteiger partial charge in [0.1, 0.15) is 5.82 Å². The van der Waals surface area contributed by atoms with E-state index in [0.29, 0.717) is 23.8 Å². The molecule has 2 saturated carbocycles. The molecule has 0 spiro atoms. The monoisotopic (exact) mass is 575 g/mol. The quantitative estimate of drug-likeness (QED) is 0.254. The molecule has 41 heavy (non-hydrogen) atoms. The summed E-state index contributed by atoms with van der Waals surface area (Å²) in [5.74, 6) is 2.74. The molecule has 0 bridgehead atoms. The number of anilines is 1. The van der Waals surface area contributed by atoms with E-state index in [1.54, 1.807) is 0 Å². The van der Waals surface area contributed by atoms with Crippen LogP contribution in [0.4, 0.5) is 5.82 Å². The van der Waals surface area contributed by atoms with Crippen LogP contribution in [0.25, 0.3) is 11.1 Å². The largest absolute Gasteiger partial charge is 0.330 e. The molecule has 5 rings (SSSR count). The Hall–Kier alpha value is -2.66. The topological polar surface area (TPSA) is 46.8 Å². The summed E-state index contributed by atoms with van der Waals surface area (Å²) in [5.41, 5.74) is 5.85. The number of hydrogen-bond acceptors (Lipinski definition) is 4. The molecule has 0 aliphatic heterocycles. The lowest BCUT2D eigenvalue weighted by Gasteiger charge is -2.37. The van der Waals surface area contributed by atoms with Gasteiger partial charge in [0.25, 0.3) is 0 Å². The van der Waals surface area contributed by atoms with E-state index in [0.717, 1.165) is 40.6 Å². The van der Waals surface area contributed by atoms with E-state index in [9.17, 15) is 0 Å². The van der Waals surface area contributed by atoms with Crippen molar-refractivity contribution in [2.24, 2.45) is 11.8 Å². The van der Waals surface area contributed by atoms with Crippen molar-refractivity contribution in [1.29, 1.82) is 0 Å². The molecule has 2 fully saturated rings. The maximum Gasteiger partial charge on any atom is 0.133 e. The second-order valence-corrected chi connectivity index (χ2v) is 12.3. The zero-order valence-electron chi connectivity index (χ0n) is 26.0. The van der Waals surface area contributed by atoms with Crippen LogP contribution in [0.15, 0.2) is 55.3 Å². The molecule has 0 atom stereocenters. The third-order valence-electron chi connectivity index (χ3n) is 8.94. The van der Waals surface area contributed by atoms with Gasteiger partial charge in [-0.15, -0.1) is 0 Å². The second-order valence-electron chi connectivity index (χ2n) is 11.9. The van der Waals surface area contributed by atoms with E-state index in [2.05, 4.69) is 72.9 Å². The van der Waals surface area contributed by atoms with Crippen molar-refractivity contribution >= 4 is 17.4 Å². The minimum Gasteiger partial charge on any atom is -0.330 e. The maximum atomic E-state index is 6.51. The first-order valence-electron chi connectivity index (χ1n) is 16.0. The average molecular weight is 576 g/mol. The van der Waals surface area contributed by atoms with Crippen LogP contribution in [-0.4, -0.2) is 26.3 Å². The molecule has 3 aromatic rings. The van der Waals surface area contributed by atoms with Crippen LogP contribution in [0.5, 0.6) is 0 Å². The molecule has 0 amide bonds. The summed E-state index contributed by atoms with van der Waals surface area (Å²) in [4.78, 5) is 12.0. The lowest BCUT2D eigenvalue weighted by atomic mass is 9.78. The van der Waals surface area contributed by atoms with Crippen LogP contribution >= 0.6 is 11.6 Å². The Kier molecular flexibility index (Phi) is 11.4. The van der Waals surface area contributed by atoms with E-state index >= 15 is 0 Å². The van der Waals surface area contributed by atoms with Crippen molar-refractivity contribution in [3.05, 3.63) is 71.5 Å². The molecule has 0 N–H and O–H groups in total. The summed E-state index contributed by atoms with van der Waals surface area (Å²) in [7, 11) is 0. The van der Waals surface area contributed by atoms with Gasteiger partial charge >= 0.3 is 0 Å². The Labute approximate surface area is 253 Å². The summed E-state index contributed by atoms with van der Waals surface area (Å²) in [6, 6.07) is 6.84. The first kappa shape index (κ1) is 31.3. The molecule has 0 saturated heterocycles. The number of pyridine rings is 2. The third-order valence-corrected chi connectivity index (χ3v) is 9.27. The molecule has 0 aromatic carbocycles. The highest BCUT2D eigenvalue weighted by molar-refractivity contribution is 6.31. The Balaban J connectivity index is 0.00000189. The predicted octanol–water partition coefficient (Wildman–Crippen LogP) is 10.0. The van der Waals surface area contributed by atoms with Crippen LogP contribution in [0, 0.1) is 11.8 Å². The Morgan fingerprint density at radius 1 is 1.00 bits per heavy atom. The number of aromatic nitrogens is 4. The number of nitrogens with zero attached hydrogens (tertiary/aromatic N) is 5. The summed E-state index contributed by atoms with van der Waals surface area (Å²) in [6.45, 7) is 16.1. The lowest BCUT2D eigenvalue weighted by molar-refractivity contribution is 0.323. The molecule has 2 aliphatic carbocycles. The van der Waals surface area contributed by atoms with Gasteiger partial charge in [0.05, 0.1) is 16.9 Å². The predicted molar refractivity (Wildman–Crippen MR) is 174 cm³/mol. The van der Waals surface area contributed by atoms with Crippen LogP contribution in [0.2, 0.25) is 5.02 Å². The van der Waals surface area contributed by atoms with Crippen LogP contribution in [0.1, 0.15) is 116 Å². The fraction of sp³-hybridized carbons (Fsp3) is 0.571. The van der Waals surface area contributed by atoms with Crippen LogP contribution < -0.4 is 4.90 Å². The lowest BCUT2D eigenvalue weighted by Crippen LogP contribution is -2.34. The summed E-state index contributed by atoms with van der Waals surface area (Å²) in [5, 5.41) is 5.38. The highest BCUT2D eigenvalue weighted by atomic mass is 35.5. The summed E-state index contributed by atoms with van der Waals surface area (Å²) in [6.07, 6.45) is 20.2.